The molecule has 1 aromatic heterocycles. The van der Waals surface area contributed by atoms with Crippen LogP contribution >= 0.6 is 0 Å². The molecular weight excluding hydrogens is 514 g/mol. The lowest BCUT2D eigenvalue weighted by molar-refractivity contribution is -0.133. The molecule has 0 aliphatic carbocycles. The molecule has 0 unspecified atom stereocenters. The van der Waals surface area contributed by atoms with Gasteiger partial charge in [0.05, 0.1) is 26.3 Å². The van der Waals surface area contributed by atoms with Crippen LogP contribution in [-0.2, 0) is 32.6 Å². The molecule has 3 aromatic rings. The van der Waals surface area contributed by atoms with Crippen molar-refractivity contribution in [2.75, 3.05) is 45.9 Å². The fourth-order valence-electron chi connectivity index (χ4n) is 4.45. The van der Waals surface area contributed by atoms with Crippen molar-refractivity contribution >= 4 is 22.0 Å². The molecule has 1 saturated heterocycles. The summed E-state index contributed by atoms with van der Waals surface area (Å²) in [5.74, 6) is 1.13. The van der Waals surface area contributed by atoms with Crippen LogP contribution in [0.15, 0.2) is 82.6 Å². The second kappa shape index (κ2) is 14.2. The van der Waals surface area contributed by atoms with Crippen molar-refractivity contribution in [2.24, 2.45) is 0 Å². The number of rotatable bonds is 13. The summed E-state index contributed by atoms with van der Waals surface area (Å²) < 4.78 is 39.4. The van der Waals surface area contributed by atoms with Gasteiger partial charge in [-0.2, -0.15) is 4.31 Å². The number of aryl methyl sites for hydroxylation is 1. The Hall–Kier alpha value is -3.24. The molecule has 4 rings (SSSR count). The Balaban J connectivity index is 1.51. The second-order valence-corrected chi connectivity index (χ2v) is 11.5. The first-order valence-corrected chi connectivity index (χ1v) is 14.8. The third kappa shape index (κ3) is 9.18. The summed E-state index contributed by atoms with van der Waals surface area (Å²) in [6.45, 7) is 6.20. The van der Waals surface area contributed by atoms with Gasteiger partial charge in [-0.25, -0.2) is 8.42 Å². The van der Waals surface area contributed by atoms with E-state index in [1.807, 2.05) is 79.7 Å². The van der Waals surface area contributed by atoms with Gasteiger partial charge in [-0.15, -0.1) is 0 Å². The van der Waals surface area contributed by atoms with Crippen LogP contribution in [0.3, 0.4) is 0 Å². The van der Waals surface area contributed by atoms with Crippen molar-refractivity contribution < 1.29 is 22.4 Å². The molecule has 0 N–H and O–H groups in total. The minimum absolute atomic E-state index is 0.240. The molecular formula is C30H37N3O5S. The summed E-state index contributed by atoms with van der Waals surface area (Å²) in [6, 6.07) is 22.6. The number of nitrogens with zero attached hydrogens (tertiary/aromatic N) is 3. The van der Waals surface area contributed by atoms with Crippen molar-refractivity contribution in [1.82, 2.24) is 14.1 Å². The van der Waals surface area contributed by atoms with Gasteiger partial charge in [0.1, 0.15) is 11.5 Å². The van der Waals surface area contributed by atoms with Gasteiger partial charge >= 0.3 is 0 Å². The number of ether oxygens (including phenoxy) is 1. The minimum atomic E-state index is -3.86. The van der Waals surface area contributed by atoms with Crippen molar-refractivity contribution in [1.29, 1.82) is 0 Å². The average molecular weight is 552 g/mol. The van der Waals surface area contributed by atoms with Crippen LogP contribution in [0.4, 0.5) is 0 Å². The normalized spacial score (nSPS) is 14.7. The van der Waals surface area contributed by atoms with E-state index in [4.69, 9.17) is 9.15 Å². The topological polar surface area (TPSA) is 83.3 Å². The highest BCUT2D eigenvalue weighted by molar-refractivity contribution is 7.92. The Kier molecular flexibility index (Phi) is 10.5. The Morgan fingerprint density at radius 1 is 0.949 bits per heavy atom. The summed E-state index contributed by atoms with van der Waals surface area (Å²) in [5.41, 5.74) is 1.74. The minimum Gasteiger partial charge on any atom is -0.464 e. The van der Waals surface area contributed by atoms with E-state index < -0.39 is 10.0 Å². The maximum Gasteiger partial charge on any atom is 0.238 e. The van der Waals surface area contributed by atoms with E-state index in [2.05, 4.69) is 4.90 Å². The van der Waals surface area contributed by atoms with Crippen molar-refractivity contribution in [2.45, 2.75) is 26.4 Å². The summed E-state index contributed by atoms with van der Waals surface area (Å²) in [7, 11) is -3.86. The predicted octanol–water partition coefficient (Wildman–Crippen LogP) is 4.14. The van der Waals surface area contributed by atoms with Crippen LogP contribution in [0.5, 0.6) is 0 Å². The van der Waals surface area contributed by atoms with E-state index in [0.29, 0.717) is 31.9 Å². The first-order valence-electron chi connectivity index (χ1n) is 13.3. The molecule has 0 bridgehead atoms. The number of benzene rings is 2. The predicted molar refractivity (Wildman–Crippen MR) is 152 cm³/mol. The van der Waals surface area contributed by atoms with Gasteiger partial charge in [0.2, 0.25) is 15.9 Å². The molecule has 0 saturated carbocycles. The van der Waals surface area contributed by atoms with Gasteiger partial charge in [0.15, 0.2) is 0 Å². The lowest BCUT2D eigenvalue weighted by Crippen LogP contribution is -2.43. The van der Waals surface area contributed by atoms with Crippen LogP contribution < -0.4 is 0 Å². The van der Waals surface area contributed by atoms with E-state index in [-0.39, 0.29) is 25.5 Å². The molecule has 0 atom stereocenters. The van der Waals surface area contributed by atoms with Gasteiger partial charge in [0.25, 0.3) is 0 Å². The maximum atomic E-state index is 13.7. The molecule has 1 fully saturated rings. The zero-order valence-corrected chi connectivity index (χ0v) is 23.3. The number of carbonyl (C=O) groups is 1. The number of amides is 1. The van der Waals surface area contributed by atoms with Crippen molar-refractivity contribution in [3.05, 3.63) is 101 Å². The fraction of sp³-hybridized carbons (Fsp3) is 0.367. The number of hydrogen-bond acceptors (Lipinski definition) is 6. The second-order valence-electron chi connectivity index (χ2n) is 9.65. The van der Waals surface area contributed by atoms with E-state index in [1.54, 1.807) is 11.0 Å². The molecule has 208 valence electrons. The standard InChI is InChI=1S/C30H37N3O5S/c1-26-13-14-29(38-26)24-32(23-28-11-6-3-7-12-28)30(34)25-33(17-8-16-31-18-20-37-21-19-31)39(35,36)22-15-27-9-4-2-5-10-27/h2-7,9-15,22H,8,16-21,23-25H2,1H3/b22-15+. The fourth-order valence-corrected chi connectivity index (χ4v) is 5.63. The number of carbonyl (C=O) groups excluding carboxylic acids is 1. The SMILES string of the molecule is Cc1ccc(CN(Cc2ccccc2)C(=O)CN(CCCN2CCOCC2)S(=O)(=O)/C=C/c2ccccc2)o1. The molecule has 2 heterocycles. The summed E-state index contributed by atoms with van der Waals surface area (Å²) in [5, 5.41) is 1.20. The Bertz CT molecular complexity index is 1300. The highest BCUT2D eigenvalue weighted by Gasteiger charge is 2.26. The van der Waals surface area contributed by atoms with Crippen LogP contribution in [0.2, 0.25) is 0 Å². The molecule has 39 heavy (non-hydrogen) atoms. The first-order chi connectivity index (χ1) is 18.9. The van der Waals surface area contributed by atoms with E-state index >= 15 is 0 Å². The first kappa shape index (κ1) is 28.8. The molecule has 2 aromatic carbocycles. The van der Waals surface area contributed by atoms with E-state index in [9.17, 15) is 13.2 Å². The summed E-state index contributed by atoms with van der Waals surface area (Å²) in [6.07, 6.45) is 2.18. The molecule has 1 aliphatic heterocycles. The Labute approximate surface area is 231 Å². The molecule has 0 spiro atoms. The zero-order valence-electron chi connectivity index (χ0n) is 22.4. The number of hydrogen-bond donors (Lipinski definition) is 0. The van der Waals surface area contributed by atoms with Crippen LogP contribution in [0.1, 0.15) is 29.1 Å². The monoisotopic (exact) mass is 551 g/mol. The van der Waals surface area contributed by atoms with Crippen LogP contribution in [0, 0.1) is 6.92 Å². The Morgan fingerprint density at radius 2 is 1.64 bits per heavy atom. The quantitative estimate of drug-likeness (QED) is 0.318. The Morgan fingerprint density at radius 3 is 2.31 bits per heavy atom. The highest BCUT2D eigenvalue weighted by Crippen LogP contribution is 2.16. The van der Waals surface area contributed by atoms with Gasteiger partial charge in [0, 0.05) is 31.6 Å². The lowest BCUT2D eigenvalue weighted by Gasteiger charge is -2.29. The highest BCUT2D eigenvalue weighted by atomic mass is 32.2. The maximum absolute atomic E-state index is 13.7. The van der Waals surface area contributed by atoms with Gasteiger partial charge in [-0.3, -0.25) is 9.69 Å². The zero-order chi connectivity index (χ0) is 27.5. The number of furan rings is 1. The molecule has 0 radical (unpaired) electrons. The van der Waals surface area contributed by atoms with Gasteiger partial charge in [-0.1, -0.05) is 60.7 Å². The summed E-state index contributed by atoms with van der Waals surface area (Å²) in [4.78, 5) is 17.6. The molecule has 9 heteroatoms. The number of sulfonamides is 1. The van der Waals surface area contributed by atoms with E-state index in [1.165, 1.54) is 9.71 Å². The van der Waals surface area contributed by atoms with Crippen molar-refractivity contribution in [3.63, 3.8) is 0 Å². The van der Waals surface area contributed by atoms with Crippen LogP contribution in [0.25, 0.3) is 6.08 Å². The summed E-state index contributed by atoms with van der Waals surface area (Å²) >= 11 is 0. The molecule has 1 aliphatic rings. The average Bonchev–Trinajstić information content (AvgIpc) is 3.37. The van der Waals surface area contributed by atoms with Crippen molar-refractivity contribution in [3.8, 4) is 0 Å². The van der Waals surface area contributed by atoms with E-state index in [0.717, 1.165) is 36.5 Å². The van der Waals surface area contributed by atoms with Crippen LogP contribution in [-0.4, -0.2) is 74.4 Å². The number of morpholine rings is 1. The van der Waals surface area contributed by atoms with Gasteiger partial charge in [-0.05, 0) is 49.2 Å². The third-order valence-corrected chi connectivity index (χ3v) is 8.11. The van der Waals surface area contributed by atoms with Gasteiger partial charge < -0.3 is 14.1 Å². The largest absolute Gasteiger partial charge is 0.464 e. The smallest absolute Gasteiger partial charge is 0.238 e. The molecule has 8 nitrogen and oxygen atoms in total. The molecule has 1 amide bonds. The third-order valence-electron chi connectivity index (χ3n) is 6.60. The lowest BCUT2D eigenvalue weighted by atomic mass is 10.2.